The Kier molecular flexibility index (Phi) is 7.21. The van der Waals surface area contributed by atoms with Gasteiger partial charge < -0.3 is 15.4 Å². The number of halogens is 1. The van der Waals surface area contributed by atoms with E-state index in [1.807, 2.05) is 30.3 Å². The Morgan fingerprint density at radius 2 is 1.83 bits per heavy atom. The van der Waals surface area contributed by atoms with Crippen LogP contribution >= 0.6 is 22.9 Å². The quantitative estimate of drug-likeness (QED) is 0.538. The second kappa shape index (κ2) is 10.0. The molecule has 0 aliphatic heterocycles. The molecule has 0 spiro atoms. The first-order valence-corrected chi connectivity index (χ1v) is 10.3. The van der Waals surface area contributed by atoms with Gasteiger partial charge in [-0.3, -0.25) is 9.59 Å². The van der Waals surface area contributed by atoms with Crippen LogP contribution in [0.1, 0.15) is 25.6 Å². The minimum absolute atomic E-state index is 0.138. The van der Waals surface area contributed by atoms with Gasteiger partial charge in [0.1, 0.15) is 6.04 Å². The zero-order valence-corrected chi connectivity index (χ0v) is 17.6. The van der Waals surface area contributed by atoms with Crippen LogP contribution < -0.4 is 10.6 Å². The van der Waals surface area contributed by atoms with E-state index in [2.05, 4.69) is 10.6 Å². The molecule has 3 rings (SSSR count). The van der Waals surface area contributed by atoms with E-state index in [4.69, 9.17) is 16.3 Å². The Morgan fingerprint density at radius 1 is 1.07 bits per heavy atom. The van der Waals surface area contributed by atoms with E-state index < -0.39 is 17.9 Å². The highest BCUT2D eigenvalue weighted by Crippen LogP contribution is 2.22. The summed E-state index contributed by atoms with van der Waals surface area (Å²) in [7, 11) is 1.25. The van der Waals surface area contributed by atoms with Crippen molar-refractivity contribution in [3.8, 4) is 0 Å². The zero-order valence-electron chi connectivity index (χ0n) is 16.1. The maximum absolute atomic E-state index is 13.0. The van der Waals surface area contributed by atoms with Crippen molar-refractivity contribution in [2.45, 2.75) is 12.5 Å². The van der Waals surface area contributed by atoms with Crippen LogP contribution in [0.15, 0.2) is 66.0 Å². The first-order valence-electron chi connectivity index (χ1n) is 9.05. The van der Waals surface area contributed by atoms with E-state index >= 15 is 0 Å². The highest BCUT2D eigenvalue weighted by atomic mass is 35.5. The smallest absolute Gasteiger partial charge is 0.339 e. The fraction of sp³-hybridized carbons (Fsp3) is 0.136. The summed E-state index contributed by atoms with van der Waals surface area (Å²) >= 11 is 7.33. The maximum Gasteiger partial charge on any atom is 0.339 e. The number of anilines is 1. The molecule has 1 aromatic heterocycles. The molecule has 0 aliphatic rings. The lowest BCUT2D eigenvalue weighted by Crippen LogP contribution is -2.45. The van der Waals surface area contributed by atoms with Gasteiger partial charge in [0, 0.05) is 12.1 Å². The molecule has 1 heterocycles. The standard InChI is InChI=1S/C22H19ClN2O4S/c1-29-22(28)16-13-15(9-10-17(16)23)24-20(26)18(12-14-6-3-2-4-7-14)25-21(27)19-8-5-11-30-19/h2-11,13,18H,12H2,1H3,(H,24,26)(H,25,27). The van der Waals surface area contributed by atoms with E-state index in [0.29, 0.717) is 17.0 Å². The van der Waals surface area contributed by atoms with Gasteiger partial charge >= 0.3 is 5.97 Å². The van der Waals surface area contributed by atoms with E-state index in [1.54, 1.807) is 23.6 Å². The minimum atomic E-state index is -0.820. The van der Waals surface area contributed by atoms with Crippen LogP contribution in [0, 0.1) is 0 Å². The van der Waals surface area contributed by atoms with E-state index in [-0.39, 0.29) is 16.5 Å². The number of ether oxygens (including phenoxy) is 1. The summed E-state index contributed by atoms with van der Waals surface area (Å²) in [6.07, 6.45) is 0.307. The summed E-state index contributed by atoms with van der Waals surface area (Å²) < 4.78 is 4.71. The number of nitrogens with one attached hydrogen (secondary N) is 2. The van der Waals surface area contributed by atoms with Crippen molar-refractivity contribution in [3.63, 3.8) is 0 Å². The Balaban J connectivity index is 1.80. The normalized spacial score (nSPS) is 11.4. The molecule has 3 aromatic rings. The van der Waals surface area contributed by atoms with Crippen LogP contribution in [0.5, 0.6) is 0 Å². The van der Waals surface area contributed by atoms with Gasteiger partial charge in [0.2, 0.25) is 5.91 Å². The average molecular weight is 443 g/mol. The molecule has 0 fully saturated rings. The van der Waals surface area contributed by atoms with Gasteiger partial charge in [-0.15, -0.1) is 11.3 Å². The predicted molar refractivity (Wildman–Crippen MR) is 117 cm³/mol. The lowest BCUT2D eigenvalue weighted by atomic mass is 10.0. The first-order chi connectivity index (χ1) is 14.5. The van der Waals surface area contributed by atoms with Crippen LogP contribution in [0.25, 0.3) is 0 Å². The maximum atomic E-state index is 13.0. The van der Waals surface area contributed by atoms with E-state index in [9.17, 15) is 14.4 Å². The number of methoxy groups -OCH3 is 1. The molecule has 1 atom stereocenters. The fourth-order valence-corrected chi connectivity index (χ4v) is 3.62. The van der Waals surface area contributed by atoms with Crippen molar-refractivity contribution in [2.24, 2.45) is 0 Å². The van der Waals surface area contributed by atoms with Gasteiger partial charge in [0.25, 0.3) is 5.91 Å². The van der Waals surface area contributed by atoms with Gasteiger partial charge in [-0.25, -0.2) is 4.79 Å². The molecule has 1 unspecified atom stereocenters. The van der Waals surface area contributed by atoms with Gasteiger partial charge in [0.15, 0.2) is 0 Å². The minimum Gasteiger partial charge on any atom is -0.465 e. The van der Waals surface area contributed by atoms with Crippen molar-refractivity contribution in [3.05, 3.63) is 87.1 Å². The number of hydrogen-bond donors (Lipinski definition) is 2. The molecule has 0 aliphatic carbocycles. The third-order valence-corrected chi connectivity index (χ3v) is 5.49. The van der Waals surface area contributed by atoms with Gasteiger partial charge in [0.05, 0.1) is 22.6 Å². The van der Waals surface area contributed by atoms with Crippen molar-refractivity contribution < 1.29 is 19.1 Å². The van der Waals surface area contributed by atoms with E-state index in [1.165, 1.54) is 30.6 Å². The second-order valence-corrected chi connectivity index (χ2v) is 7.72. The van der Waals surface area contributed by atoms with Gasteiger partial charge in [-0.2, -0.15) is 0 Å². The average Bonchev–Trinajstić information content (AvgIpc) is 3.30. The second-order valence-electron chi connectivity index (χ2n) is 6.37. The SMILES string of the molecule is COC(=O)c1cc(NC(=O)C(Cc2ccccc2)NC(=O)c2cccs2)ccc1Cl. The third kappa shape index (κ3) is 5.46. The summed E-state index contributed by atoms with van der Waals surface area (Å²) in [4.78, 5) is 37.9. The molecule has 8 heteroatoms. The molecule has 6 nitrogen and oxygen atoms in total. The first kappa shape index (κ1) is 21.5. The van der Waals surface area contributed by atoms with Crippen molar-refractivity contribution in [2.75, 3.05) is 12.4 Å². The van der Waals surface area contributed by atoms with Crippen LogP contribution in [0.3, 0.4) is 0 Å². The van der Waals surface area contributed by atoms with Crippen molar-refractivity contribution >= 4 is 46.4 Å². The van der Waals surface area contributed by atoms with Crippen LogP contribution in [-0.2, 0) is 16.0 Å². The Hall–Kier alpha value is -3.16. The van der Waals surface area contributed by atoms with Crippen molar-refractivity contribution in [1.82, 2.24) is 5.32 Å². The van der Waals surface area contributed by atoms with Gasteiger partial charge in [-0.1, -0.05) is 48.0 Å². The van der Waals surface area contributed by atoms with Crippen molar-refractivity contribution in [1.29, 1.82) is 0 Å². The summed E-state index contributed by atoms with van der Waals surface area (Å²) in [5.74, 6) is -1.35. The van der Waals surface area contributed by atoms with Crippen LogP contribution in [0.2, 0.25) is 5.02 Å². The molecule has 154 valence electrons. The highest BCUT2D eigenvalue weighted by molar-refractivity contribution is 7.12. The number of carbonyl (C=O) groups is 3. The highest BCUT2D eigenvalue weighted by Gasteiger charge is 2.23. The topological polar surface area (TPSA) is 84.5 Å². The molecule has 0 saturated carbocycles. The summed E-state index contributed by atoms with van der Waals surface area (Å²) in [6.45, 7) is 0. The molecule has 2 N–H and O–H groups in total. The number of carbonyl (C=O) groups excluding carboxylic acids is 3. The Morgan fingerprint density at radius 3 is 2.50 bits per heavy atom. The van der Waals surface area contributed by atoms with Crippen LogP contribution in [0.4, 0.5) is 5.69 Å². The monoisotopic (exact) mass is 442 g/mol. The molecular weight excluding hydrogens is 424 g/mol. The summed E-state index contributed by atoms with van der Waals surface area (Å²) in [5.41, 5.74) is 1.41. The number of thiophene rings is 1. The molecular formula is C22H19ClN2O4S. The number of amides is 2. The third-order valence-electron chi connectivity index (χ3n) is 4.29. The molecule has 2 amide bonds. The van der Waals surface area contributed by atoms with E-state index in [0.717, 1.165) is 5.56 Å². The predicted octanol–water partition coefficient (Wildman–Crippen LogP) is 4.17. The Bertz CT molecular complexity index is 1040. The Labute approximate surface area is 182 Å². The summed E-state index contributed by atoms with van der Waals surface area (Å²) in [5, 5.41) is 7.54. The summed E-state index contributed by atoms with van der Waals surface area (Å²) in [6, 6.07) is 16.5. The molecule has 2 aromatic carbocycles. The zero-order chi connectivity index (χ0) is 21.5. The largest absolute Gasteiger partial charge is 0.465 e. The molecule has 0 bridgehead atoms. The number of esters is 1. The lowest BCUT2D eigenvalue weighted by Gasteiger charge is -2.19. The molecule has 30 heavy (non-hydrogen) atoms. The lowest BCUT2D eigenvalue weighted by molar-refractivity contribution is -0.118. The van der Waals surface area contributed by atoms with Gasteiger partial charge in [-0.05, 0) is 35.2 Å². The number of benzene rings is 2. The fourth-order valence-electron chi connectivity index (χ4n) is 2.79. The van der Waals surface area contributed by atoms with Crippen LogP contribution in [-0.4, -0.2) is 30.9 Å². The molecule has 0 radical (unpaired) electrons. The number of hydrogen-bond acceptors (Lipinski definition) is 5. The molecule has 0 saturated heterocycles. The number of rotatable bonds is 7.